The Morgan fingerprint density at radius 1 is 1.56 bits per heavy atom. The van der Waals surface area contributed by atoms with E-state index in [2.05, 4.69) is 15.5 Å². The lowest BCUT2D eigenvalue weighted by molar-refractivity contribution is 0.249. The van der Waals surface area contributed by atoms with E-state index in [1.165, 1.54) is 0 Å². The molecule has 1 atom stereocenters. The van der Waals surface area contributed by atoms with Crippen LogP contribution in [0.5, 0.6) is 0 Å². The molecule has 0 aliphatic heterocycles. The standard InChI is InChI=1S/C11H14N4O/c12-11(16)15-14-10-6-3-4-8(10)9-5-1-2-7-13-9/h1-2,5,7-8H,3-4,6H2,(H3,12,15,16)/b14-10-/t8-/m0/s1. The van der Waals surface area contributed by atoms with Gasteiger partial charge in [-0.1, -0.05) is 6.07 Å². The van der Waals surface area contributed by atoms with Crippen LogP contribution in [0.15, 0.2) is 29.5 Å². The average molecular weight is 218 g/mol. The third kappa shape index (κ3) is 2.36. The Morgan fingerprint density at radius 3 is 3.12 bits per heavy atom. The number of nitrogens with two attached hydrogens (primary N) is 1. The molecule has 0 radical (unpaired) electrons. The van der Waals surface area contributed by atoms with E-state index in [1.807, 2.05) is 18.2 Å². The summed E-state index contributed by atoms with van der Waals surface area (Å²) in [6.45, 7) is 0. The molecule has 5 nitrogen and oxygen atoms in total. The molecule has 3 N–H and O–H groups in total. The summed E-state index contributed by atoms with van der Waals surface area (Å²) in [6.07, 6.45) is 4.76. The van der Waals surface area contributed by atoms with Gasteiger partial charge in [-0.25, -0.2) is 10.2 Å². The van der Waals surface area contributed by atoms with Crippen molar-refractivity contribution in [2.45, 2.75) is 25.2 Å². The lowest BCUT2D eigenvalue weighted by Gasteiger charge is -2.09. The van der Waals surface area contributed by atoms with Crippen LogP contribution < -0.4 is 11.2 Å². The van der Waals surface area contributed by atoms with Crippen molar-refractivity contribution in [3.8, 4) is 0 Å². The number of nitrogens with one attached hydrogen (secondary N) is 1. The zero-order chi connectivity index (χ0) is 11.4. The van der Waals surface area contributed by atoms with Crippen molar-refractivity contribution >= 4 is 11.7 Å². The van der Waals surface area contributed by atoms with Crippen LogP contribution in [-0.4, -0.2) is 16.7 Å². The highest BCUT2D eigenvalue weighted by Crippen LogP contribution is 2.30. The van der Waals surface area contributed by atoms with Crippen molar-refractivity contribution in [2.24, 2.45) is 10.8 Å². The Hall–Kier alpha value is -1.91. The van der Waals surface area contributed by atoms with Gasteiger partial charge in [-0.05, 0) is 31.4 Å². The number of nitrogens with zero attached hydrogens (tertiary/aromatic N) is 2. The zero-order valence-electron chi connectivity index (χ0n) is 8.89. The summed E-state index contributed by atoms with van der Waals surface area (Å²) in [4.78, 5) is 14.9. The number of hydrogen-bond acceptors (Lipinski definition) is 3. The third-order valence-corrected chi connectivity index (χ3v) is 2.68. The van der Waals surface area contributed by atoms with Crippen LogP contribution in [0.3, 0.4) is 0 Å². The van der Waals surface area contributed by atoms with E-state index in [1.54, 1.807) is 6.20 Å². The smallest absolute Gasteiger partial charge is 0.332 e. The van der Waals surface area contributed by atoms with Gasteiger partial charge in [-0.2, -0.15) is 5.10 Å². The Morgan fingerprint density at radius 2 is 2.44 bits per heavy atom. The largest absolute Gasteiger partial charge is 0.350 e. The van der Waals surface area contributed by atoms with E-state index < -0.39 is 6.03 Å². The Bertz CT molecular complexity index is 402. The quantitative estimate of drug-likeness (QED) is 0.735. The van der Waals surface area contributed by atoms with E-state index in [-0.39, 0.29) is 5.92 Å². The summed E-state index contributed by atoms with van der Waals surface area (Å²) < 4.78 is 0. The first-order chi connectivity index (χ1) is 7.77. The lowest BCUT2D eigenvalue weighted by Crippen LogP contribution is -2.26. The predicted octanol–water partition coefficient (Wildman–Crippen LogP) is 1.37. The summed E-state index contributed by atoms with van der Waals surface area (Å²) in [5, 5.41) is 4.03. The fraction of sp³-hybridized carbons (Fsp3) is 0.364. The average Bonchev–Trinajstić information content (AvgIpc) is 2.75. The highest BCUT2D eigenvalue weighted by molar-refractivity contribution is 5.93. The minimum absolute atomic E-state index is 0.216. The van der Waals surface area contributed by atoms with Gasteiger partial charge in [0.05, 0.1) is 0 Å². The fourth-order valence-electron chi connectivity index (χ4n) is 1.99. The molecule has 1 aromatic heterocycles. The van der Waals surface area contributed by atoms with Gasteiger partial charge in [0.1, 0.15) is 0 Å². The highest BCUT2D eigenvalue weighted by Gasteiger charge is 2.25. The Balaban J connectivity index is 2.15. The number of rotatable bonds is 2. The van der Waals surface area contributed by atoms with Crippen molar-refractivity contribution in [3.63, 3.8) is 0 Å². The molecule has 0 aromatic carbocycles. The van der Waals surface area contributed by atoms with Gasteiger partial charge in [-0.15, -0.1) is 0 Å². The number of hydrazone groups is 1. The normalized spacial score (nSPS) is 22.2. The van der Waals surface area contributed by atoms with E-state index in [0.29, 0.717) is 0 Å². The SMILES string of the molecule is NC(=O)N/N=C1/CCC[C@H]1c1ccccn1. The van der Waals surface area contributed by atoms with E-state index in [0.717, 1.165) is 30.7 Å². The number of primary amides is 1. The summed E-state index contributed by atoms with van der Waals surface area (Å²) in [5.41, 5.74) is 9.23. The first-order valence-electron chi connectivity index (χ1n) is 5.30. The topological polar surface area (TPSA) is 80.4 Å². The minimum atomic E-state index is -0.626. The van der Waals surface area contributed by atoms with Crippen LogP contribution in [0, 0.1) is 0 Å². The van der Waals surface area contributed by atoms with Gasteiger partial charge >= 0.3 is 6.03 Å². The van der Waals surface area contributed by atoms with Crippen LogP contribution in [0.25, 0.3) is 0 Å². The molecule has 1 aliphatic carbocycles. The second-order valence-electron chi connectivity index (χ2n) is 3.78. The van der Waals surface area contributed by atoms with E-state index in [9.17, 15) is 4.79 Å². The minimum Gasteiger partial charge on any atom is -0.350 e. The van der Waals surface area contributed by atoms with Gasteiger partial charge in [0, 0.05) is 23.5 Å². The van der Waals surface area contributed by atoms with E-state index >= 15 is 0 Å². The number of aromatic nitrogens is 1. The number of amides is 2. The van der Waals surface area contributed by atoms with E-state index in [4.69, 9.17) is 5.73 Å². The first-order valence-corrected chi connectivity index (χ1v) is 5.30. The second-order valence-corrected chi connectivity index (χ2v) is 3.78. The number of urea groups is 1. The third-order valence-electron chi connectivity index (χ3n) is 2.68. The number of carbonyl (C=O) groups excluding carboxylic acids is 1. The number of carbonyl (C=O) groups is 1. The molecule has 1 aliphatic rings. The monoisotopic (exact) mass is 218 g/mol. The molecule has 0 saturated heterocycles. The highest BCUT2D eigenvalue weighted by atomic mass is 16.2. The summed E-state index contributed by atoms with van der Waals surface area (Å²) in [7, 11) is 0. The molecule has 5 heteroatoms. The Kier molecular flexibility index (Phi) is 3.14. The van der Waals surface area contributed by atoms with Gasteiger partial charge in [-0.3, -0.25) is 4.98 Å². The molecule has 1 heterocycles. The van der Waals surface area contributed by atoms with Crippen LogP contribution >= 0.6 is 0 Å². The number of pyridine rings is 1. The van der Waals surface area contributed by atoms with Crippen molar-refractivity contribution < 1.29 is 4.79 Å². The maximum atomic E-state index is 10.6. The van der Waals surface area contributed by atoms with Crippen LogP contribution in [-0.2, 0) is 0 Å². The van der Waals surface area contributed by atoms with Crippen LogP contribution in [0.1, 0.15) is 30.9 Å². The van der Waals surface area contributed by atoms with Gasteiger partial charge in [0.25, 0.3) is 0 Å². The molecular weight excluding hydrogens is 204 g/mol. The van der Waals surface area contributed by atoms with Crippen molar-refractivity contribution in [1.29, 1.82) is 0 Å². The van der Waals surface area contributed by atoms with Gasteiger partial charge in [0.2, 0.25) is 0 Å². The molecule has 2 rings (SSSR count). The molecule has 1 fully saturated rings. The molecule has 1 saturated carbocycles. The maximum absolute atomic E-state index is 10.6. The van der Waals surface area contributed by atoms with Crippen LogP contribution in [0.2, 0.25) is 0 Å². The predicted molar refractivity (Wildman–Crippen MR) is 61.0 cm³/mol. The molecule has 1 aromatic rings. The van der Waals surface area contributed by atoms with Crippen molar-refractivity contribution in [3.05, 3.63) is 30.1 Å². The van der Waals surface area contributed by atoms with Crippen LogP contribution in [0.4, 0.5) is 4.79 Å². The zero-order valence-corrected chi connectivity index (χ0v) is 8.89. The van der Waals surface area contributed by atoms with Gasteiger partial charge in [0.15, 0.2) is 0 Å². The molecule has 2 amide bonds. The molecular formula is C11H14N4O. The second kappa shape index (κ2) is 4.74. The molecule has 16 heavy (non-hydrogen) atoms. The lowest BCUT2D eigenvalue weighted by atomic mass is 10.0. The summed E-state index contributed by atoms with van der Waals surface area (Å²) >= 11 is 0. The molecule has 0 unspecified atom stereocenters. The summed E-state index contributed by atoms with van der Waals surface area (Å²) in [5.74, 6) is 0.216. The Labute approximate surface area is 93.8 Å². The first kappa shape index (κ1) is 10.6. The molecule has 84 valence electrons. The molecule has 0 bridgehead atoms. The summed E-state index contributed by atoms with van der Waals surface area (Å²) in [6, 6.07) is 5.20. The number of hydrogen-bond donors (Lipinski definition) is 2. The van der Waals surface area contributed by atoms with Crippen molar-refractivity contribution in [2.75, 3.05) is 0 Å². The van der Waals surface area contributed by atoms with Crippen molar-refractivity contribution in [1.82, 2.24) is 10.4 Å². The molecule has 0 spiro atoms. The fourth-order valence-corrected chi connectivity index (χ4v) is 1.99. The maximum Gasteiger partial charge on any atom is 0.332 e. The van der Waals surface area contributed by atoms with Gasteiger partial charge < -0.3 is 5.73 Å².